The van der Waals surface area contributed by atoms with Crippen LogP contribution in [0.2, 0.25) is 0 Å². The Hall–Kier alpha value is -2.70. The van der Waals surface area contributed by atoms with Gasteiger partial charge in [0.25, 0.3) is 5.91 Å². The number of amides is 1. The maximum atomic E-state index is 13.1. The molecule has 7 heteroatoms. The SMILES string of the molecule is CCn1nc(C(=O)N2CCCCC2c2ccn3nccc3n2)cc1C. The number of piperidine rings is 1. The van der Waals surface area contributed by atoms with Crippen molar-refractivity contribution in [2.75, 3.05) is 6.54 Å². The molecule has 130 valence electrons. The Bertz CT molecular complexity index is 911. The number of hydrogen-bond acceptors (Lipinski definition) is 4. The van der Waals surface area contributed by atoms with E-state index in [0.717, 1.165) is 49.4 Å². The second kappa shape index (κ2) is 6.31. The first-order valence-electron chi connectivity index (χ1n) is 8.83. The molecular formula is C18H22N6O. The highest BCUT2D eigenvalue weighted by Crippen LogP contribution is 2.31. The number of likely N-dealkylation sites (tertiary alicyclic amines) is 1. The Kier molecular flexibility index (Phi) is 3.99. The van der Waals surface area contributed by atoms with Crippen molar-refractivity contribution in [2.24, 2.45) is 0 Å². The van der Waals surface area contributed by atoms with Gasteiger partial charge in [0.15, 0.2) is 11.3 Å². The molecule has 3 aromatic heterocycles. The highest BCUT2D eigenvalue weighted by Gasteiger charge is 2.31. The van der Waals surface area contributed by atoms with E-state index >= 15 is 0 Å². The van der Waals surface area contributed by atoms with Crippen molar-refractivity contribution >= 4 is 11.6 Å². The highest BCUT2D eigenvalue weighted by atomic mass is 16.2. The molecule has 1 atom stereocenters. The van der Waals surface area contributed by atoms with Crippen LogP contribution in [0.5, 0.6) is 0 Å². The fourth-order valence-corrected chi connectivity index (χ4v) is 3.58. The molecule has 0 radical (unpaired) electrons. The van der Waals surface area contributed by atoms with E-state index in [0.29, 0.717) is 5.69 Å². The zero-order valence-electron chi connectivity index (χ0n) is 14.6. The highest BCUT2D eigenvalue weighted by molar-refractivity contribution is 5.92. The van der Waals surface area contributed by atoms with Crippen LogP contribution in [0.3, 0.4) is 0 Å². The summed E-state index contributed by atoms with van der Waals surface area (Å²) in [4.78, 5) is 19.7. The summed E-state index contributed by atoms with van der Waals surface area (Å²) in [5.41, 5.74) is 3.27. The molecule has 0 N–H and O–H groups in total. The Morgan fingerprint density at radius 1 is 1.32 bits per heavy atom. The molecule has 1 saturated heterocycles. The van der Waals surface area contributed by atoms with E-state index in [1.54, 1.807) is 10.7 Å². The van der Waals surface area contributed by atoms with E-state index < -0.39 is 0 Å². The number of aryl methyl sites for hydroxylation is 2. The van der Waals surface area contributed by atoms with Gasteiger partial charge in [-0.3, -0.25) is 9.48 Å². The Balaban J connectivity index is 1.66. The van der Waals surface area contributed by atoms with Crippen LogP contribution in [0.4, 0.5) is 0 Å². The third kappa shape index (κ3) is 2.79. The molecule has 1 aliphatic heterocycles. The molecule has 0 bridgehead atoms. The van der Waals surface area contributed by atoms with Gasteiger partial charge in [-0.25, -0.2) is 9.50 Å². The van der Waals surface area contributed by atoms with Crippen LogP contribution in [0.15, 0.2) is 30.6 Å². The fourth-order valence-electron chi connectivity index (χ4n) is 3.58. The largest absolute Gasteiger partial charge is 0.329 e. The van der Waals surface area contributed by atoms with Gasteiger partial charge < -0.3 is 4.90 Å². The summed E-state index contributed by atoms with van der Waals surface area (Å²) < 4.78 is 3.60. The van der Waals surface area contributed by atoms with Crippen LogP contribution in [-0.4, -0.2) is 41.7 Å². The van der Waals surface area contributed by atoms with Crippen molar-refractivity contribution in [1.29, 1.82) is 0 Å². The standard InChI is InChI=1S/C18H22N6O/c1-3-23-13(2)12-15(21-23)18(25)22-10-5-4-6-16(22)14-8-11-24-17(20-14)7-9-19-24/h7-9,11-12,16H,3-6,10H2,1-2H3. The average Bonchev–Trinajstić information content (AvgIpc) is 3.26. The number of carbonyl (C=O) groups is 1. The summed E-state index contributed by atoms with van der Waals surface area (Å²) in [7, 11) is 0. The molecule has 0 spiro atoms. The zero-order chi connectivity index (χ0) is 17.4. The van der Waals surface area contributed by atoms with Crippen molar-refractivity contribution in [2.45, 2.75) is 45.7 Å². The zero-order valence-corrected chi connectivity index (χ0v) is 14.6. The van der Waals surface area contributed by atoms with Gasteiger partial charge in [-0.15, -0.1) is 0 Å². The number of nitrogens with zero attached hydrogens (tertiary/aromatic N) is 6. The summed E-state index contributed by atoms with van der Waals surface area (Å²) in [6.07, 6.45) is 6.69. The average molecular weight is 338 g/mol. The molecule has 25 heavy (non-hydrogen) atoms. The van der Waals surface area contributed by atoms with Crippen LogP contribution in [0, 0.1) is 6.92 Å². The molecule has 1 fully saturated rings. The molecule has 4 rings (SSSR count). The third-order valence-corrected chi connectivity index (χ3v) is 4.88. The molecule has 0 aliphatic carbocycles. The lowest BCUT2D eigenvalue weighted by Crippen LogP contribution is -2.39. The topological polar surface area (TPSA) is 68.3 Å². The Morgan fingerprint density at radius 2 is 2.20 bits per heavy atom. The smallest absolute Gasteiger partial charge is 0.274 e. The summed E-state index contributed by atoms with van der Waals surface area (Å²) in [6.45, 7) is 5.52. The third-order valence-electron chi connectivity index (χ3n) is 4.88. The minimum absolute atomic E-state index is 0.00446. The van der Waals surface area contributed by atoms with Gasteiger partial charge in [0.05, 0.1) is 17.9 Å². The van der Waals surface area contributed by atoms with E-state index in [1.807, 2.05) is 47.8 Å². The van der Waals surface area contributed by atoms with Crippen LogP contribution >= 0.6 is 0 Å². The summed E-state index contributed by atoms with van der Waals surface area (Å²) in [5.74, 6) is -0.00446. The number of aromatic nitrogens is 5. The molecule has 1 amide bonds. The maximum absolute atomic E-state index is 13.1. The second-order valence-electron chi connectivity index (χ2n) is 6.48. The van der Waals surface area contributed by atoms with Gasteiger partial charge >= 0.3 is 0 Å². The van der Waals surface area contributed by atoms with Crippen LogP contribution in [0.1, 0.15) is 54.1 Å². The molecule has 4 heterocycles. The predicted molar refractivity (Wildman–Crippen MR) is 93.3 cm³/mol. The lowest BCUT2D eigenvalue weighted by Gasteiger charge is -2.35. The quantitative estimate of drug-likeness (QED) is 0.736. The van der Waals surface area contributed by atoms with Crippen molar-refractivity contribution in [3.05, 3.63) is 47.7 Å². The van der Waals surface area contributed by atoms with E-state index in [2.05, 4.69) is 10.2 Å². The van der Waals surface area contributed by atoms with E-state index in [9.17, 15) is 4.79 Å². The summed E-state index contributed by atoms with van der Waals surface area (Å²) >= 11 is 0. The maximum Gasteiger partial charge on any atom is 0.274 e. The van der Waals surface area contributed by atoms with Crippen LogP contribution < -0.4 is 0 Å². The molecule has 3 aromatic rings. The molecular weight excluding hydrogens is 316 g/mol. The van der Waals surface area contributed by atoms with Gasteiger partial charge in [0.2, 0.25) is 0 Å². The molecule has 0 aromatic carbocycles. The summed E-state index contributed by atoms with van der Waals surface area (Å²) in [6, 6.07) is 5.72. The second-order valence-corrected chi connectivity index (χ2v) is 6.48. The van der Waals surface area contributed by atoms with E-state index in [4.69, 9.17) is 4.98 Å². The first-order valence-corrected chi connectivity index (χ1v) is 8.83. The first-order chi connectivity index (χ1) is 12.2. The molecule has 1 unspecified atom stereocenters. The lowest BCUT2D eigenvalue weighted by molar-refractivity contribution is 0.0599. The first kappa shape index (κ1) is 15.8. The fraction of sp³-hybridized carbons (Fsp3) is 0.444. The Labute approximate surface area is 146 Å². The van der Waals surface area contributed by atoms with E-state index in [1.165, 1.54) is 0 Å². The van der Waals surface area contributed by atoms with Crippen molar-refractivity contribution < 1.29 is 4.79 Å². The van der Waals surface area contributed by atoms with Gasteiger partial charge in [-0.1, -0.05) is 0 Å². The van der Waals surface area contributed by atoms with Gasteiger partial charge in [0.1, 0.15) is 0 Å². The van der Waals surface area contributed by atoms with E-state index in [-0.39, 0.29) is 11.9 Å². The van der Waals surface area contributed by atoms with Crippen molar-refractivity contribution in [3.63, 3.8) is 0 Å². The van der Waals surface area contributed by atoms with Crippen molar-refractivity contribution in [3.8, 4) is 0 Å². The number of carbonyl (C=O) groups excluding carboxylic acids is 1. The molecule has 0 saturated carbocycles. The number of hydrogen-bond donors (Lipinski definition) is 0. The minimum atomic E-state index is -0.00627. The molecule has 1 aliphatic rings. The number of fused-ring (bicyclic) bond motifs is 1. The van der Waals surface area contributed by atoms with Crippen molar-refractivity contribution in [1.82, 2.24) is 29.3 Å². The van der Waals surface area contributed by atoms with Crippen LogP contribution in [-0.2, 0) is 6.54 Å². The van der Waals surface area contributed by atoms with Gasteiger partial charge in [0, 0.05) is 31.0 Å². The van der Waals surface area contributed by atoms with Crippen LogP contribution in [0.25, 0.3) is 5.65 Å². The lowest BCUT2D eigenvalue weighted by atomic mass is 9.98. The minimum Gasteiger partial charge on any atom is -0.329 e. The monoisotopic (exact) mass is 338 g/mol. The Morgan fingerprint density at radius 3 is 3.00 bits per heavy atom. The molecule has 7 nitrogen and oxygen atoms in total. The van der Waals surface area contributed by atoms with Gasteiger partial charge in [-0.2, -0.15) is 10.2 Å². The van der Waals surface area contributed by atoms with Gasteiger partial charge in [-0.05, 0) is 45.2 Å². The summed E-state index contributed by atoms with van der Waals surface area (Å²) in [5, 5.41) is 8.65. The number of rotatable bonds is 3. The predicted octanol–water partition coefficient (Wildman–Crippen LogP) is 2.62. The normalized spacial score (nSPS) is 18.0.